The van der Waals surface area contributed by atoms with Crippen molar-refractivity contribution in [3.63, 3.8) is 0 Å². The molecule has 0 radical (unpaired) electrons. The van der Waals surface area contributed by atoms with Crippen molar-refractivity contribution in [2.24, 2.45) is 16.3 Å². The van der Waals surface area contributed by atoms with Gasteiger partial charge in [-0.3, -0.25) is 4.79 Å². The van der Waals surface area contributed by atoms with Gasteiger partial charge in [0, 0.05) is 5.69 Å². The number of amidine groups is 1. The van der Waals surface area contributed by atoms with Crippen molar-refractivity contribution < 1.29 is 10.0 Å². The second-order valence-corrected chi connectivity index (χ2v) is 4.94. The molecule has 5 nitrogen and oxygen atoms in total. The number of aryl methyl sites for hydroxylation is 2. The van der Waals surface area contributed by atoms with Gasteiger partial charge in [0.05, 0.1) is 0 Å². The Kier molecular flexibility index (Phi) is 4.53. The first-order valence-electron chi connectivity index (χ1n) is 6.22. The molecule has 0 aliphatic rings. The van der Waals surface area contributed by atoms with E-state index in [1.54, 1.807) is 6.92 Å². The van der Waals surface area contributed by atoms with Crippen LogP contribution in [0.1, 0.15) is 31.4 Å². The maximum Gasteiger partial charge on any atom is 0.238 e. The van der Waals surface area contributed by atoms with Gasteiger partial charge < -0.3 is 16.3 Å². The van der Waals surface area contributed by atoms with Gasteiger partial charge in [0.25, 0.3) is 0 Å². The van der Waals surface area contributed by atoms with Gasteiger partial charge in [-0.25, -0.2) is 0 Å². The van der Waals surface area contributed by atoms with E-state index in [-0.39, 0.29) is 11.7 Å². The Morgan fingerprint density at radius 1 is 1.47 bits per heavy atom. The van der Waals surface area contributed by atoms with E-state index >= 15 is 0 Å². The molecule has 1 aromatic rings. The summed E-state index contributed by atoms with van der Waals surface area (Å²) in [6, 6.07) is 5.77. The second kappa shape index (κ2) is 5.73. The Balaban J connectivity index is 3.01. The summed E-state index contributed by atoms with van der Waals surface area (Å²) in [6.07, 6.45) is 0.444. The molecule has 0 heterocycles. The van der Waals surface area contributed by atoms with Gasteiger partial charge in [-0.2, -0.15) is 0 Å². The third-order valence-corrected chi connectivity index (χ3v) is 3.51. The Bertz CT molecular complexity index is 511. The van der Waals surface area contributed by atoms with E-state index in [1.807, 2.05) is 39.0 Å². The number of nitrogens with zero attached hydrogens (tertiary/aromatic N) is 1. The van der Waals surface area contributed by atoms with E-state index < -0.39 is 5.41 Å². The summed E-state index contributed by atoms with van der Waals surface area (Å²) in [5.41, 5.74) is 7.44. The van der Waals surface area contributed by atoms with Gasteiger partial charge in [0.15, 0.2) is 5.84 Å². The van der Waals surface area contributed by atoms with Crippen molar-refractivity contribution in [1.29, 1.82) is 0 Å². The molecule has 0 fully saturated rings. The highest BCUT2D eigenvalue weighted by molar-refractivity contribution is 6.11. The lowest BCUT2D eigenvalue weighted by Crippen LogP contribution is -2.44. The molecule has 104 valence electrons. The van der Waals surface area contributed by atoms with Crippen LogP contribution < -0.4 is 11.1 Å². The summed E-state index contributed by atoms with van der Waals surface area (Å²) in [4.78, 5) is 12.3. The molecule has 5 heteroatoms. The zero-order chi connectivity index (χ0) is 14.6. The summed E-state index contributed by atoms with van der Waals surface area (Å²) >= 11 is 0. The summed E-state index contributed by atoms with van der Waals surface area (Å²) in [7, 11) is 0. The molecule has 4 N–H and O–H groups in total. The molecule has 0 aliphatic heterocycles. The predicted molar refractivity (Wildman–Crippen MR) is 76.4 cm³/mol. The van der Waals surface area contributed by atoms with Gasteiger partial charge in [0.2, 0.25) is 5.91 Å². The van der Waals surface area contributed by atoms with Gasteiger partial charge in [-0.05, 0) is 38.8 Å². The topological polar surface area (TPSA) is 87.7 Å². The average Bonchev–Trinajstić information content (AvgIpc) is 2.39. The lowest BCUT2D eigenvalue weighted by molar-refractivity contribution is -0.121. The number of benzene rings is 1. The standard InChI is InChI=1S/C14H21N3O2/c1-5-14(4,12(15)17-19)13(18)16-11-7-6-9(2)8-10(11)3/h6-8,19H,5H2,1-4H3,(H2,15,17)(H,16,18). The van der Waals surface area contributed by atoms with E-state index in [1.165, 1.54) is 0 Å². The Labute approximate surface area is 113 Å². The van der Waals surface area contributed by atoms with Crippen LogP contribution in [0.4, 0.5) is 5.69 Å². The number of nitrogens with two attached hydrogens (primary N) is 1. The van der Waals surface area contributed by atoms with Crippen LogP contribution in [0.25, 0.3) is 0 Å². The average molecular weight is 263 g/mol. The number of anilines is 1. The van der Waals surface area contributed by atoms with Crippen LogP contribution in [0.2, 0.25) is 0 Å². The second-order valence-electron chi connectivity index (χ2n) is 4.94. The quantitative estimate of drug-likeness (QED) is 0.337. The van der Waals surface area contributed by atoms with Crippen molar-refractivity contribution in [2.45, 2.75) is 34.1 Å². The summed E-state index contributed by atoms with van der Waals surface area (Å²) in [6.45, 7) is 7.39. The van der Waals surface area contributed by atoms with E-state index in [0.717, 1.165) is 16.8 Å². The minimum absolute atomic E-state index is 0.0859. The molecule has 0 saturated heterocycles. The van der Waals surface area contributed by atoms with Gasteiger partial charge in [-0.15, -0.1) is 0 Å². The number of amides is 1. The molecule has 0 bridgehead atoms. The fourth-order valence-corrected chi connectivity index (χ4v) is 1.78. The molecule has 1 unspecified atom stereocenters. The summed E-state index contributed by atoms with van der Waals surface area (Å²) in [5.74, 6) is -0.366. The Hall–Kier alpha value is -2.04. The van der Waals surface area contributed by atoms with E-state index in [4.69, 9.17) is 10.9 Å². The first kappa shape index (κ1) is 15.0. The molecular formula is C14H21N3O2. The highest BCUT2D eigenvalue weighted by Crippen LogP contribution is 2.25. The lowest BCUT2D eigenvalue weighted by atomic mass is 9.85. The van der Waals surface area contributed by atoms with Crippen LogP contribution in [-0.2, 0) is 4.79 Å². The van der Waals surface area contributed by atoms with Crippen LogP contribution >= 0.6 is 0 Å². The number of rotatable bonds is 4. The lowest BCUT2D eigenvalue weighted by Gasteiger charge is -2.25. The van der Waals surface area contributed by atoms with Crippen molar-refractivity contribution in [2.75, 3.05) is 5.32 Å². The first-order valence-corrected chi connectivity index (χ1v) is 6.22. The SMILES string of the molecule is CCC(C)(C(=O)Nc1ccc(C)cc1C)/C(N)=N/O. The normalized spacial score (nSPS) is 14.8. The number of oxime groups is 1. The van der Waals surface area contributed by atoms with Crippen LogP contribution in [0, 0.1) is 19.3 Å². The minimum Gasteiger partial charge on any atom is -0.409 e. The maximum absolute atomic E-state index is 12.3. The number of nitrogens with one attached hydrogen (secondary N) is 1. The minimum atomic E-state index is -1.02. The summed E-state index contributed by atoms with van der Waals surface area (Å²) < 4.78 is 0. The smallest absolute Gasteiger partial charge is 0.238 e. The molecular weight excluding hydrogens is 242 g/mol. The molecule has 1 aromatic carbocycles. The molecule has 19 heavy (non-hydrogen) atoms. The van der Waals surface area contributed by atoms with Crippen molar-refractivity contribution in [3.8, 4) is 0 Å². The largest absolute Gasteiger partial charge is 0.409 e. The maximum atomic E-state index is 12.3. The molecule has 0 aromatic heterocycles. The first-order chi connectivity index (χ1) is 8.85. The van der Waals surface area contributed by atoms with Crippen LogP contribution in [0.5, 0.6) is 0 Å². The van der Waals surface area contributed by atoms with Crippen molar-refractivity contribution in [1.82, 2.24) is 0 Å². The van der Waals surface area contributed by atoms with Gasteiger partial charge in [0.1, 0.15) is 5.41 Å². The predicted octanol–water partition coefficient (Wildman–Crippen LogP) is 2.40. The number of carbonyl (C=O) groups is 1. The molecule has 1 rings (SSSR count). The molecule has 0 spiro atoms. The molecule has 0 saturated carbocycles. The zero-order valence-electron chi connectivity index (χ0n) is 11.8. The Morgan fingerprint density at radius 2 is 2.11 bits per heavy atom. The van der Waals surface area contributed by atoms with Gasteiger partial charge >= 0.3 is 0 Å². The zero-order valence-corrected chi connectivity index (χ0v) is 11.8. The highest BCUT2D eigenvalue weighted by atomic mass is 16.4. The van der Waals surface area contributed by atoms with Crippen LogP contribution in [0.15, 0.2) is 23.4 Å². The highest BCUT2D eigenvalue weighted by Gasteiger charge is 2.36. The van der Waals surface area contributed by atoms with Crippen molar-refractivity contribution in [3.05, 3.63) is 29.3 Å². The number of hydrogen-bond acceptors (Lipinski definition) is 3. The molecule has 1 atom stereocenters. The van der Waals surface area contributed by atoms with Crippen molar-refractivity contribution >= 4 is 17.4 Å². The third kappa shape index (κ3) is 3.05. The third-order valence-electron chi connectivity index (χ3n) is 3.51. The molecule has 1 amide bonds. The van der Waals surface area contributed by atoms with E-state index in [9.17, 15) is 4.79 Å². The van der Waals surface area contributed by atoms with E-state index in [2.05, 4.69) is 10.5 Å². The fraction of sp³-hybridized carbons (Fsp3) is 0.429. The van der Waals surface area contributed by atoms with Crippen LogP contribution in [-0.4, -0.2) is 17.0 Å². The Morgan fingerprint density at radius 3 is 2.58 bits per heavy atom. The van der Waals surface area contributed by atoms with Crippen LogP contribution in [0.3, 0.4) is 0 Å². The summed E-state index contributed by atoms with van der Waals surface area (Å²) in [5, 5.41) is 14.6. The number of carbonyl (C=O) groups excluding carboxylic acids is 1. The fourth-order valence-electron chi connectivity index (χ4n) is 1.78. The molecule has 0 aliphatic carbocycles. The number of hydrogen-bond donors (Lipinski definition) is 3. The monoisotopic (exact) mass is 263 g/mol. The van der Waals surface area contributed by atoms with E-state index in [0.29, 0.717) is 6.42 Å². The van der Waals surface area contributed by atoms with Gasteiger partial charge in [-0.1, -0.05) is 29.8 Å².